The van der Waals surface area contributed by atoms with Gasteiger partial charge in [0.1, 0.15) is 24.0 Å². The summed E-state index contributed by atoms with van der Waals surface area (Å²) in [6, 6.07) is 9.36. The highest BCUT2D eigenvalue weighted by Crippen LogP contribution is 2.31. The second-order valence-corrected chi connectivity index (χ2v) is 8.77. The average molecular weight is 479 g/mol. The highest BCUT2D eigenvalue weighted by molar-refractivity contribution is 5.79. The number of amides is 1. The third-order valence-corrected chi connectivity index (χ3v) is 6.75. The van der Waals surface area contributed by atoms with Crippen molar-refractivity contribution in [3.63, 3.8) is 0 Å². The van der Waals surface area contributed by atoms with Crippen molar-refractivity contribution in [1.82, 2.24) is 30.0 Å². The van der Waals surface area contributed by atoms with Crippen molar-refractivity contribution < 1.29 is 18.3 Å². The maximum absolute atomic E-state index is 14.4. The van der Waals surface area contributed by atoms with Crippen LogP contribution in [0.3, 0.4) is 0 Å². The molecule has 5 rings (SSSR count). The van der Waals surface area contributed by atoms with E-state index in [1.165, 1.54) is 23.1 Å². The van der Waals surface area contributed by atoms with E-state index in [-0.39, 0.29) is 35.6 Å². The summed E-state index contributed by atoms with van der Waals surface area (Å²) < 4.78 is 35.8. The van der Waals surface area contributed by atoms with Crippen LogP contribution in [0, 0.1) is 29.9 Å². The molecule has 0 unspecified atom stereocenters. The molecule has 0 spiro atoms. The quantitative estimate of drug-likeness (QED) is 0.564. The lowest BCUT2D eigenvalue weighted by Gasteiger charge is -2.46. The first-order chi connectivity index (χ1) is 16.9. The van der Waals surface area contributed by atoms with Crippen LogP contribution in [0.1, 0.15) is 28.4 Å². The number of benzene rings is 2. The van der Waals surface area contributed by atoms with Crippen LogP contribution in [0.15, 0.2) is 36.7 Å². The Morgan fingerprint density at radius 2 is 2.03 bits per heavy atom. The van der Waals surface area contributed by atoms with E-state index in [1.54, 1.807) is 30.0 Å². The molecule has 0 aliphatic carbocycles. The number of halogens is 2. The number of rotatable bonds is 4. The predicted molar refractivity (Wildman–Crippen MR) is 119 cm³/mol. The molecular formula is C24H23F2N7O2. The van der Waals surface area contributed by atoms with E-state index in [0.717, 1.165) is 5.56 Å². The van der Waals surface area contributed by atoms with Gasteiger partial charge in [-0.3, -0.25) is 9.69 Å². The molecule has 3 heterocycles. The molecule has 2 aliphatic rings. The smallest absolute Gasteiger partial charge is 0.227 e. The largest absolute Gasteiger partial charge is 0.370 e. The van der Waals surface area contributed by atoms with E-state index in [1.807, 2.05) is 6.07 Å². The van der Waals surface area contributed by atoms with Gasteiger partial charge in [-0.1, -0.05) is 6.07 Å². The van der Waals surface area contributed by atoms with Crippen LogP contribution in [0.5, 0.6) is 0 Å². The monoisotopic (exact) mass is 479 g/mol. The maximum Gasteiger partial charge on any atom is 0.227 e. The SMILES string of the molecule is Cc1c([C@H]2CN3CCN(C(=O)Cc4cc(-n5cnnn5)ccc4F)C[C@@H]3CO2)ccc(F)c1C#N. The Kier molecular flexibility index (Phi) is 6.23. The number of fused-ring (bicyclic) bond motifs is 1. The highest BCUT2D eigenvalue weighted by Gasteiger charge is 2.36. The number of ether oxygens (including phenoxy) is 1. The van der Waals surface area contributed by atoms with Crippen LogP contribution >= 0.6 is 0 Å². The molecule has 2 fully saturated rings. The van der Waals surface area contributed by atoms with Gasteiger partial charge in [-0.05, 0) is 58.3 Å². The first-order valence-electron chi connectivity index (χ1n) is 11.3. The Labute approximate surface area is 200 Å². The van der Waals surface area contributed by atoms with E-state index in [0.29, 0.717) is 44.0 Å². The van der Waals surface area contributed by atoms with Gasteiger partial charge in [-0.2, -0.15) is 5.26 Å². The van der Waals surface area contributed by atoms with Crippen molar-refractivity contribution in [2.45, 2.75) is 25.5 Å². The number of nitriles is 1. The minimum absolute atomic E-state index is 0.0116. The Morgan fingerprint density at radius 3 is 2.80 bits per heavy atom. The van der Waals surface area contributed by atoms with Gasteiger partial charge in [-0.15, -0.1) is 5.10 Å². The minimum Gasteiger partial charge on any atom is -0.370 e. The van der Waals surface area contributed by atoms with Crippen LogP contribution < -0.4 is 0 Å². The van der Waals surface area contributed by atoms with Gasteiger partial charge in [-0.25, -0.2) is 13.5 Å². The molecule has 2 aromatic carbocycles. The van der Waals surface area contributed by atoms with Crippen LogP contribution in [0.4, 0.5) is 8.78 Å². The summed E-state index contributed by atoms with van der Waals surface area (Å²) in [5, 5.41) is 20.2. The first-order valence-corrected chi connectivity index (χ1v) is 11.3. The van der Waals surface area contributed by atoms with E-state index in [4.69, 9.17) is 4.74 Å². The summed E-state index contributed by atoms with van der Waals surface area (Å²) in [5.74, 6) is -1.15. The average Bonchev–Trinajstić information content (AvgIpc) is 3.40. The fourth-order valence-corrected chi connectivity index (χ4v) is 4.77. The van der Waals surface area contributed by atoms with Crippen molar-refractivity contribution in [2.24, 2.45) is 0 Å². The Balaban J connectivity index is 1.23. The summed E-state index contributed by atoms with van der Waals surface area (Å²) in [7, 11) is 0. The molecule has 0 saturated carbocycles. The number of tetrazole rings is 1. The molecule has 35 heavy (non-hydrogen) atoms. The zero-order valence-corrected chi connectivity index (χ0v) is 19.1. The van der Waals surface area contributed by atoms with E-state index in [2.05, 4.69) is 20.4 Å². The molecule has 3 aromatic rings. The molecule has 9 nitrogen and oxygen atoms in total. The molecule has 2 saturated heterocycles. The minimum atomic E-state index is -0.533. The van der Waals surface area contributed by atoms with Crippen LogP contribution in [-0.2, 0) is 16.0 Å². The molecule has 0 radical (unpaired) electrons. The number of nitrogens with zero attached hydrogens (tertiary/aromatic N) is 7. The number of piperazine rings is 1. The second kappa shape index (κ2) is 9.48. The van der Waals surface area contributed by atoms with E-state index in [9.17, 15) is 18.8 Å². The van der Waals surface area contributed by atoms with Crippen molar-refractivity contribution in [3.8, 4) is 11.8 Å². The van der Waals surface area contributed by atoms with E-state index >= 15 is 0 Å². The van der Waals surface area contributed by atoms with E-state index < -0.39 is 11.6 Å². The third-order valence-electron chi connectivity index (χ3n) is 6.75. The number of aromatic nitrogens is 4. The van der Waals surface area contributed by atoms with Gasteiger partial charge < -0.3 is 9.64 Å². The standard InChI is InChI=1S/C24H23F2N7O2/c1-15-19(3-5-22(26)20(15)10-27)23-12-31-6-7-32(11-18(31)13-35-23)24(34)9-16-8-17(2-4-21(16)25)33-14-28-29-30-33/h2-5,8,14,18,23H,6-7,9,11-13H2,1H3/t18-,23-/m1/s1. The molecule has 2 aliphatic heterocycles. The van der Waals surface area contributed by atoms with Crippen molar-refractivity contribution in [1.29, 1.82) is 5.26 Å². The molecule has 11 heteroatoms. The number of hydrogen-bond acceptors (Lipinski definition) is 7. The number of hydrogen-bond donors (Lipinski definition) is 0. The fourth-order valence-electron chi connectivity index (χ4n) is 4.77. The summed E-state index contributed by atoms with van der Waals surface area (Å²) in [6.45, 7) is 4.36. The number of carbonyl (C=O) groups excluding carboxylic acids is 1. The normalized spacial score (nSPS) is 20.3. The van der Waals surface area contributed by atoms with Gasteiger partial charge in [0.15, 0.2) is 0 Å². The lowest BCUT2D eigenvalue weighted by atomic mass is 9.96. The molecule has 0 N–H and O–H groups in total. The van der Waals surface area contributed by atoms with Crippen molar-refractivity contribution in [3.05, 3.63) is 70.5 Å². The highest BCUT2D eigenvalue weighted by atomic mass is 19.1. The number of morpholine rings is 1. The van der Waals surface area contributed by atoms with Gasteiger partial charge in [0.05, 0.1) is 36.4 Å². The van der Waals surface area contributed by atoms with Crippen molar-refractivity contribution in [2.75, 3.05) is 32.8 Å². The van der Waals surface area contributed by atoms with Gasteiger partial charge in [0.2, 0.25) is 5.91 Å². The van der Waals surface area contributed by atoms with Crippen LogP contribution in [-0.4, -0.2) is 74.7 Å². The number of carbonyl (C=O) groups is 1. The Bertz CT molecular complexity index is 1290. The zero-order valence-electron chi connectivity index (χ0n) is 19.1. The lowest BCUT2D eigenvalue weighted by molar-refractivity contribution is -0.139. The van der Waals surface area contributed by atoms with Gasteiger partial charge >= 0.3 is 0 Å². The predicted octanol–water partition coefficient (Wildman–Crippen LogP) is 1.95. The molecule has 2 atom stereocenters. The molecule has 1 aromatic heterocycles. The molecule has 0 bridgehead atoms. The van der Waals surface area contributed by atoms with Crippen molar-refractivity contribution >= 4 is 5.91 Å². The van der Waals surface area contributed by atoms with Gasteiger partial charge in [0.25, 0.3) is 0 Å². The Hall–Kier alpha value is -3.75. The lowest BCUT2D eigenvalue weighted by Crippen LogP contribution is -2.59. The van der Waals surface area contributed by atoms with Crippen LogP contribution in [0.25, 0.3) is 5.69 Å². The fraction of sp³-hybridized carbons (Fsp3) is 0.375. The molecular weight excluding hydrogens is 456 g/mol. The second-order valence-electron chi connectivity index (χ2n) is 8.77. The van der Waals surface area contributed by atoms with Gasteiger partial charge in [0, 0.05) is 26.2 Å². The molecule has 180 valence electrons. The topological polar surface area (TPSA) is 100 Å². The zero-order chi connectivity index (χ0) is 24.5. The summed E-state index contributed by atoms with van der Waals surface area (Å²) in [6.07, 6.45) is 1.07. The summed E-state index contributed by atoms with van der Waals surface area (Å²) in [5.41, 5.74) is 2.30. The molecule has 1 amide bonds. The first kappa shape index (κ1) is 23.0. The maximum atomic E-state index is 14.4. The summed E-state index contributed by atoms with van der Waals surface area (Å²) >= 11 is 0. The summed E-state index contributed by atoms with van der Waals surface area (Å²) in [4.78, 5) is 17.0. The third kappa shape index (κ3) is 4.50. The van der Waals surface area contributed by atoms with Crippen LogP contribution in [0.2, 0.25) is 0 Å². The Morgan fingerprint density at radius 1 is 1.20 bits per heavy atom.